The van der Waals surface area contributed by atoms with E-state index in [1.165, 1.54) is 12.1 Å². The normalized spacial score (nSPS) is 26.4. The van der Waals surface area contributed by atoms with Gasteiger partial charge in [-0.3, -0.25) is 4.18 Å². The smallest absolute Gasteiger partial charge is 0.262 e. The second kappa shape index (κ2) is 4.88. The van der Waals surface area contributed by atoms with Gasteiger partial charge in [0.2, 0.25) is 0 Å². The van der Waals surface area contributed by atoms with E-state index in [2.05, 4.69) is 0 Å². The van der Waals surface area contributed by atoms with Crippen molar-refractivity contribution in [2.24, 2.45) is 5.92 Å². The van der Waals surface area contributed by atoms with Crippen molar-refractivity contribution in [3.8, 4) is 0 Å². The van der Waals surface area contributed by atoms with E-state index in [4.69, 9.17) is 4.18 Å². The molecule has 1 fully saturated rings. The van der Waals surface area contributed by atoms with Crippen LogP contribution in [0.25, 0.3) is 0 Å². The van der Waals surface area contributed by atoms with Gasteiger partial charge < -0.3 is 0 Å². The molecule has 19 heavy (non-hydrogen) atoms. The largest absolute Gasteiger partial charge is 0.297 e. The number of benzene rings is 1. The number of hydrogen-bond donors (Lipinski definition) is 0. The van der Waals surface area contributed by atoms with Gasteiger partial charge in [-0.15, -0.1) is 0 Å². The summed E-state index contributed by atoms with van der Waals surface area (Å²) in [5.74, 6) is -0.578. The van der Waals surface area contributed by atoms with Crippen LogP contribution in [0, 0.1) is 12.8 Å². The quantitative estimate of drug-likeness (QED) is 0.782. The highest BCUT2D eigenvalue weighted by atomic mass is 32.2. The fourth-order valence-electron chi connectivity index (χ4n) is 2.04. The van der Waals surface area contributed by atoms with Gasteiger partial charge >= 0.3 is 0 Å². The van der Waals surface area contributed by atoms with Crippen molar-refractivity contribution in [2.75, 3.05) is 11.5 Å². The molecule has 5 nitrogen and oxygen atoms in total. The van der Waals surface area contributed by atoms with E-state index in [-0.39, 0.29) is 22.3 Å². The van der Waals surface area contributed by atoms with Gasteiger partial charge in [0.25, 0.3) is 10.1 Å². The molecule has 0 spiro atoms. The third-order valence-corrected chi connectivity index (χ3v) is 6.35. The second-order valence-corrected chi connectivity index (χ2v) is 8.68. The number of aryl methyl sites for hydroxylation is 1. The first kappa shape index (κ1) is 14.5. The molecule has 0 radical (unpaired) electrons. The first-order valence-corrected chi connectivity index (χ1v) is 9.13. The van der Waals surface area contributed by atoms with Crippen molar-refractivity contribution in [3.63, 3.8) is 0 Å². The Kier molecular flexibility index (Phi) is 3.72. The van der Waals surface area contributed by atoms with Crippen LogP contribution in [0.15, 0.2) is 29.2 Å². The number of rotatable bonds is 3. The molecule has 7 heteroatoms. The molecular weight excluding hydrogens is 288 g/mol. The Morgan fingerprint density at radius 3 is 2.21 bits per heavy atom. The molecule has 2 atom stereocenters. The van der Waals surface area contributed by atoms with Gasteiger partial charge in [0.15, 0.2) is 9.84 Å². The molecule has 0 aromatic heterocycles. The molecule has 1 aliphatic heterocycles. The van der Waals surface area contributed by atoms with Crippen molar-refractivity contribution in [1.29, 1.82) is 0 Å². The van der Waals surface area contributed by atoms with Gasteiger partial charge in [-0.1, -0.05) is 24.6 Å². The summed E-state index contributed by atoms with van der Waals surface area (Å²) < 4.78 is 52.0. The summed E-state index contributed by atoms with van der Waals surface area (Å²) in [6, 6.07) is 6.26. The van der Waals surface area contributed by atoms with Gasteiger partial charge in [-0.05, 0) is 25.0 Å². The first-order valence-electron chi connectivity index (χ1n) is 5.90. The summed E-state index contributed by atoms with van der Waals surface area (Å²) in [7, 11) is -7.10. The molecule has 0 aliphatic carbocycles. The Morgan fingerprint density at radius 1 is 1.16 bits per heavy atom. The Hall–Kier alpha value is -0.920. The molecule has 1 heterocycles. The van der Waals surface area contributed by atoms with E-state index < -0.39 is 26.1 Å². The first-order chi connectivity index (χ1) is 8.70. The zero-order valence-electron chi connectivity index (χ0n) is 10.7. The lowest BCUT2D eigenvalue weighted by molar-refractivity contribution is 0.192. The minimum atomic E-state index is -3.91. The average Bonchev–Trinajstić information content (AvgIpc) is 2.51. The van der Waals surface area contributed by atoms with Crippen LogP contribution in [0.2, 0.25) is 0 Å². The zero-order valence-corrected chi connectivity index (χ0v) is 12.4. The molecule has 0 bridgehead atoms. The summed E-state index contributed by atoms with van der Waals surface area (Å²) >= 11 is 0. The van der Waals surface area contributed by atoms with Crippen molar-refractivity contribution in [2.45, 2.75) is 24.8 Å². The van der Waals surface area contributed by atoms with Crippen molar-refractivity contribution < 1.29 is 21.0 Å². The van der Waals surface area contributed by atoms with Gasteiger partial charge in [0.1, 0.15) is 0 Å². The third-order valence-electron chi connectivity index (χ3n) is 3.13. The van der Waals surface area contributed by atoms with Crippen LogP contribution in [0.5, 0.6) is 0 Å². The monoisotopic (exact) mass is 304 g/mol. The molecule has 0 amide bonds. The van der Waals surface area contributed by atoms with Crippen molar-refractivity contribution >= 4 is 20.0 Å². The fraction of sp³-hybridized carbons (Fsp3) is 0.500. The van der Waals surface area contributed by atoms with E-state index >= 15 is 0 Å². The minimum absolute atomic E-state index is 0.0267. The Balaban J connectivity index is 2.21. The van der Waals surface area contributed by atoms with Crippen LogP contribution in [-0.2, 0) is 24.1 Å². The second-order valence-electron chi connectivity index (χ2n) is 4.96. The molecule has 0 unspecified atom stereocenters. The third kappa shape index (κ3) is 3.34. The molecule has 0 saturated carbocycles. The topological polar surface area (TPSA) is 77.5 Å². The molecule has 1 aromatic rings. The molecule has 1 saturated heterocycles. The van der Waals surface area contributed by atoms with Gasteiger partial charge in [0, 0.05) is 0 Å². The Morgan fingerprint density at radius 2 is 1.74 bits per heavy atom. The van der Waals surface area contributed by atoms with E-state index in [0.717, 1.165) is 5.56 Å². The van der Waals surface area contributed by atoms with Crippen LogP contribution in [0.4, 0.5) is 0 Å². The van der Waals surface area contributed by atoms with Gasteiger partial charge in [0.05, 0.1) is 22.5 Å². The van der Waals surface area contributed by atoms with Crippen LogP contribution in [0.1, 0.15) is 12.5 Å². The summed E-state index contributed by atoms with van der Waals surface area (Å²) in [4.78, 5) is 0.0506. The highest BCUT2D eigenvalue weighted by Gasteiger charge is 2.38. The fourth-order valence-corrected chi connectivity index (χ4v) is 5.34. The lowest BCUT2D eigenvalue weighted by Gasteiger charge is -2.14. The SMILES string of the molecule is Cc1ccc(S(=O)(=O)O[C@H]2CS(=O)(=O)C[C@@H]2C)cc1. The standard InChI is InChI=1S/C12H16O5S2/c1-9-3-5-11(6-4-9)19(15,16)17-12-8-18(13,14)7-10(12)2/h3-6,10,12H,7-8H2,1-2H3/t10-,12-/m0/s1. The average molecular weight is 304 g/mol. The van der Waals surface area contributed by atoms with Crippen molar-refractivity contribution in [1.82, 2.24) is 0 Å². The Bertz CT molecular complexity index is 659. The van der Waals surface area contributed by atoms with Crippen LogP contribution >= 0.6 is 0 Å². The number of hydrogen-bond acceptors (Lipinski definition) is 5. The zero-order chi connectivity index (χ0) is 14.3. The van der Waals surface area contributed by atoms with E-state index in [9.17, 15) is 16.8 Å². The van der Waals surface area contributed by atoms with Crippen LogP contribution < -0.4 is 0 Å². The lowest BCUT2D eigenvalue weighted by atomic mass is 10.1. The van der Waals surface area contributed by atoms with E-state index in [1.54, 1.807) is 19.1 Å². The summed E-state index contributed by atoms with van der Waals surface area (Å²) in [6.07, 6.45) is -0.795. The molecule has 0 N–H and O–H groups in total. The summed E-state index contributed by atoms with van der Waals surface area (Å²) in [5, 5.41) is 0. The summed E-state index contributed by atoms with van der Waals surface area (Å²) in [6.45, 7) is 3.53. The molecule has 1 aromatic carbocycles. The summed E-state index contributed by atoms with van der Waals surface area (Å²) in [5.41, 5.74) is 0.941. The maximum absolute atomic E-state index is 12.0. The lowest BCUT2D eigenvalue weighted by Crippen LogP contribution is -2.24. The van der Waals surface area contributed by atoms with Crippen molar-refractivity contribution in [3.05, 3.63) is 29.8 Å². The predicted octanol–water partition coefficient (Wildman–Crippen LogP) is 1.13. The number of sulfone groups is 1. The molecule has 2 rings (SSSR count). The van der Waals surface area contributed by atoms with E-state index in [1.807, 2.05) is 6.92 Å². The van der Waals surface area contributed by atoms with E-state index in [0.29, 0.717) is 0 Å². The maximum Gasteiger partial charge on any atom is 0.297 e. The minimum Gasteiger partial charge on any atom is -0.262 e. The molecule has 1 aliphatic rings. The van der Waals surface area contributed by atoms with Gasteiger partial charge in [-0.2, -0.15) is 8.42 Å². The highest BCUT2D eigenvalue weighted by molar-refractivity contribution is 7.91. The van der Waals surface area contributed by atoms with Crippen LogP contribution in [0.3, 0.4) is 0 Å². The predicted molar refractivity (Wildman–Crippen MR) is 71.1 cm³/mol. The Labute approximate surface area is 113 Å². The molecular formula is C12H16O5S2. The highest BCUT2D eigenvalue weighted by Crippen LogP contribution is 2.25. The molecule has 106 valence electrons. The maximum atomic E-state index is 12.0. The van der Waals surface area contributed by atoms with Gasteiger partial charge in [-0.25, -0.2) is 8.42 Å². The van der Waals surface area contributed by atoms with Crippen LogP contribution in [-0.4, -0.2) is 34.4 Å².